The molecule has 2 saturated carbocycles. The number of carbonyl (C=O) groups is 1. The molecule has 2 N–H and O–H groups in total. The molecule has 5 nitrogen and oxygen atoms in total. The number of nitrogens with zero attached hydrogens (tertiary/aromatic N) is 2. The Bertz CT molecular complexity index is 444. The van der Waals surface area contributed by atoms with Gasteiger partial charge in [-0.05, 0) is 32.6 Å². The van der Waals surface area contributed by atoms with E-state index in [4.69, 9.17) is 0 Å². The van der Waals surface area contributed by atoms with Gasteiger partial charge in [-0.25, -0.2) is 4.99 Å². The van der Waals surface area contributed by atoms with Crippen molar-refractivity contribution in [2.45, 2.75) is 62.7 Å². The quantitative estimate of drug-likeness (QED) is 0.380. The van der Waals surface area contributed by atoms with Gasteiger partial charge in [-0.15, -0.1) is 24.0 Å². The zero-order valence-corrected chi connectivity index (χ0v) is 17.8. The van der Waals surface area contributed by atoms with Gasteiger partial charge in [-0.3, -0.25) is 4.79 Å². The second kappa shape index (κ2) is 9.50. The van der Waals surface area contributed by atoms with Crippen molar-refractivity contribution in [2.24, 2.45) is 4.99 Å². The van der Waals surface area contributed by atoms with Gasteiger partial charge >= 0.3 is 0 Å². The van der Waals surface area contributed by atoms with Crippen molar-refractivity contribution in [3.8, 4) is 0 Å². The van der Waals surface area contributed by atoms with E-state index in [1.807, 2.05) is 0 Å². The van der Waals surface area contributed by atoms with Crippen LogP contribution < -0.4 is 10.6 Å². The maximum absolute atomic E-state index is 11.9. The zero-order chi connectivity index (χ0) is 16.1. The van der Waals surface area contributed by atoms with Crippen LogP contribution in [0.25, 0.3) is 0 Å². The molecule has 3 aliphatic rings. The van der Waals surface area contributed by atoms with Crippen LogP contribution in [0.2, 0.25) is 0 Å². The van der Waals surface area contributed by atoms with Crippen LogP contribution >= 0.6 is 35.7 Å². The molecule has 3 rings (SSSR count). The third-order valence-corrected chi connectivity index (χ3v) is 6.50. The molecular weight excluding hydrogens is 435 g/mol. The molecule has 0 aromatic heterocycles. The van der Waals surface area contributed by atoms with Gasteiger partial charge in [0.2, 0.25) is 5.91 Å². The van der Waals surface area contributed by atoms with Crippen molar-refractivity contribution in [3.05, 3.63) is 0 Å². The topological polar surface area (TPSA) is 56.7 Å². The molecule has 0 unspecified atom stereocenters. The van der Waals surface area contributed by atoms with Crippen LogP contribution in [0.3, 0.4) is 0 Å². The van der Waals surface area contributed by atoms with Crippen LogP contribution in [0.15, 0.2) is 4.99 Å². The minimum Gasteiger partial charge on any atom is -0.357 e. The average molecular weight is 466 g/mol. The number of thioether (sulfide) groups is 1. The van der Waals surface area contributed by atoms with Crippen molar-refractivity contribution in [3.63, 3.8) is 0 Å². The molecule has 1 heterocycles. The number of carbonyl (C=O) groups excluding carboxylic acids is 1. The van der Waals surface area contributed by atoms with Crippen LogP contribution in [0.4, 0.5) is 0 Å². The molecule has 3 fully saturated rings. The summed E-state index contributed by atoms with van der Waals surface area (Å²) in [5.74, 6) is 2.14. The molecule has 0 atom stereocenters. The van der Waals surface area contributed by atoms with E-state index in [9.17, 15) is 4.79 Å². The number of aliphatic imine (C=N–C) groups is 1. The lowest BCUT2D eigenvalue weighted by atomic mass is 9.87. The molecule has 1 spiro atoms. The molecule has 0 aromatic rings. The van der Waals surface area contributed by atoms with Crippen LogP contribution in [0.1, 0.15) is 51.9 Å². The standard InChI is InChI=1S/C17H30N4OS.HI/c1-2-18-16(19-12-15(22)20-14-6-7-14)21-10-11-23-17(13-21)8-4-3-5-9-17;/h14H,2-13H2,1H3,(H,18,19)(H,20,22);1H. The predicted octanol–water partition coefficient (Wildman–Crippen LogP) is 2.60. The van der Waals surface area contributed by atoms with E-state index in [2.05, 4.69) is 39.2 Å². The molecule has 0 bridgehead atoms. The summed E-state index contributed by atoms with van der Waals surface area (Å²) < 4.78 is 0.420. The number of hydrogen-bond donors (Lipinski definition) is 2. The predicted molar refractivity (Wildman–Crippen MR) is 112 cm³/mol. The van der Waals surface area contributed by atoms with Gasteiger partial charge in [0.25, 0.3) is 0 Å². The summed E-state index contributed by atoms with van der Waals surface area (Å²) in [7, 11) is 0. The second-order valence-electron chi connectivity index (χ2n) is 7.03. The van der Waals surface area contributed by atoms with E-state index in [0.29, 0.717) is 10.8 Å². The van der Waals surface area contributed by atoms with Gasteiger partial charge in [0.1, 0.15) is 6.54 Å². The molecule has 0 radical (unpaired) electrons. The van der Waals surface area contributed by atoms with E-state index < -0.39 is 0 Å². The van der Waals surface area contributed by atoms with Crippen molar-refractivity contribution in [2.75, 3.05) is 31.9 Å². The lowest BCUT2D eigenvalue weighted by Gasteiger charge is -2.45. The summed E-state index contributed by atoms with van der Waals surface area (Å²) in [6.45, 7) is 5.29. The number of amides is 1. The highest BCUT2D eigenvalue weighted by Crippen LogP contribution is 2.42. The van der Waals surface area contributed by atoms with Gasteiger partial charge in [0.15, 0.2) is 5.96 Å². The van der Waals surface area contributed by atoms with Crippen LogP contribution in [-0.2, 0) is 4.79 Å². The number of guanidine groups is 1. The highest BCUT2D eigenvalue weighted by atomic mass is 127. The van der Waals surface area contributed by atoms with E-state index in [1.165, 1.54) is 37.9 Å². The zero-order valence-electron chi connectivity index (χ0n) is 14.7. The summed E-state index contributed by atoms with van der Waals surface area (Å²) >= 11 is 2.16. The molecule has 7 heteroatoms. The van der Waals surface area contributed by atoms with Gasteiger partial charge < -0.3 is 15.5 Å². The van der Waals surface area contributed by atoms with Crippen molar-refractivity contribution >= 4 is 47.6 Å². The fraction of sp³-hybridized carbons (Fsp3) is 0.882. The summed E-state index contributed by atoms with van der Waals surface area (Å²) in [5, 5.41) is 6.40. The van der Waals surface area contributed by atoms with Crippen molar-refractivity contribution in [1.82, 2.24) is 15.5 Å². The summed E-state index contributed by atoms with van der Waals surface area (Å²) in [6, 6.07) is 0.414. The van der Waals surface area contributed by atoms with E-state index >= 15 is 0 Å². The Morgan fingerprint density at radius 1 is 1.29 bits per heavy atom. The summed E-state index contributed by atoms with van der Waals surface area (Å²) in [5.41, 5.74) is 0. The number of hydrogen-bond acceptors (Lipinski definition) is 3. The number of halogens is 1. The average Bonchev–Trinajstić information content (AvgIpc) is 3.36. The number of nitrogens with one attached hydrogen (secondary N) is 2. The molecular formula is C17H31IN4OS. The lowest BCUT2D eigenvalue weighted by molar-refractivity contribution is -0.119. The van der Waals surface area contributed by atoms with E-state index in [1.54, 1.807) is 0 Å². The molecule has 24 heavy (non-hydrogen) atoms. The molecule has 138 valence electrons. The highest BCUT2D eigenvalue weighted by molar-refractivity contribution is 14.0. The van der Waals surface area contributed by atoms with Crippen molar-refractivity contribution in [1.29, 1.82) is 0 Å². The van der Waals surface area contributed by atoms with Crippen LogP contribution in [0.5, 0.6) is 0 Å². The summed E-state index contributed by atoms with van der Waals surface area (Å²) in [6.07, 6.45) is 9.02. The van der Waals surface area contributed by atoms with Gasteiger partial charge in [0, 0.05) is 36.2 Å². The Kier molecular flexibility index (Phi) is 7.97. The van der Waals surface area contributed by atoms with Gasteiger partial charge in [0.05, 0.1) is 0 Å². The highest BCUT2D eigenvalue weighted by Gasteiger charge is 2.38. The first-order valence-electron chi connectivity index (χ1n) is 9.17. The van der Waals surface area contributed by atoms with Gasteiger partial charge in [-0.1, -0.05) is 19.3 Å². The van der Waals surface area contributed by atoms with Crippen molar-refractivity contribution < 1.29 is 4.79 Å². The van der Waals surface area contributed by atoms with E-state index in [-0.39, 0.29) is 36.4 Å². The van der Waals surface area contributed by atoms with Crippen LogP contribution in [-0.4, -0.2) is 59.5 Å². The Balaban J connectivity index is 0.00000208. The maximum Gasteiger partial charge on any atom is 0.242 e. The fourth-order valence-electron chi connectivity index (χ4n) is 3.60. The molecule has 1 aliphatic heterocycles. The number of rotatable bonds is 4. The second-order valence-corrected chi connectivity index (χ2v) is 8.59. The first-order chi connectivity index (χ1) is 11.2. The lowest BCUT2D eigenvalue weighted by Crippen LogP contribution is -2.53. The Labute approximate surface area is 167 Å². The molecule has 2 aliphatic carbocycles. The first-order valence-corrected chi connectivity index (χ1v) is 10.2. The smallest absolute Gasteiger partial charge is 0.242 e. The summed E-state index contributed by atoms with van der Waals surface area (Å²) in [4.78, 5) is 18.9. The Morgan fingerprint density at radius 3 is 2.71 bits per heavy atom. The monoisotopic (exact) mass is 466 g/mol. The third-order valence-electron chi connectivity index (χ3n) is 4.96. The minimum atomic E-state index is 0. The maximum atomic E-state index is 11.9. The third kappa shape index (κ3) is 5.68. The van der Waals surface area contributed by atoms with Gasteiger partial charge in [-0.2, -0.15) is 11.8 Å². The van der Waals surface area contributed by atoms with Crippen LogP contribution in [0, 0.1) is 0 Å². The molecule has 1 saturated heterocycles. The normalized spacial score (nSPS) is 23.5. The Hall–Kier alpha value is -0.180. The fourth-order valence-corrected chi connectivity index (χ4v) is 5.17. The minimum absolute atomic E-state index is 0. The Morgan fingerprint density at radius 2 is 2.04 bits per heavy atom. The largest absolute Gasteiger partial charge is 0.357 e. The van der Waals surface area contributed by atoms with E-state index in [0.717, 1.165) is 38.4 Å². The SMILES string of the molecule is CCNC(=NCC(=O)NC1CC1)N1CCSC2(CCCCC2)C1.I. The molecule has 1 amide bonds. The molecule has 0 aromatic carbocycles. The first kappa shape index (κ1) is 20.1.